The predicted molar refractivity (Wildman–Crippen MR) is 95.7 cm³/mol. The molecule has 0 bridgehead atoms. The molecule has 1 heterocycles. The van der Waals surface area contributed by atoms with Crippen molar-refractivity contribution in [3.8, 4) is 0 Å². The molecule has 0 unspecified atom stereocenters. The average molecular weight is 382 g/mol. The third-order valence-electron chi connectivity index (χ3n) is 4.13. The Labute approximate surface area is 154 Å². The number of nitrogen functional groups attached to an aromatic ring is 1. The zero-order chi connectivity index (χ0) is 18.2. The molecule has 1 saturated carbocycles. The molecule has 25 heavy (non-hydrogen) atoms. The summed E-state index contributed by atoms with van der Waals surface area (Å²) in [5.74, 6) is 0.0362. The number of nitrogens with zero attached hydrogens (tertiary/aromatic N) is 3. The number of hydrogen-bond acceptors (Lipinski definition) is 7. The van der Waals surface area contributed by atoms with E-state index in [-0.39, 0.29) is 24.3 Å². The van der Waals surface area contributed by atoms with Gasteiger partial charge in [-0.3, -0.25) is 4.79 Å². The largest absolute Gasteiger partial charge is 0.457 e. The number of aromatic nitrogens is 3. The van der Waals surface area contributed by atoms with Gasteiger partial charge in [0.1, 0.15) is 9.75 Å². The number of nitrogens with one attached hydrogen (secondary N) is 1. The van der Waals surface area contributed by atoms with Crippen LogP contribution in [0.15, 0.2) is 24.3 Å². The van der Waals surface area contributed by atoms with E-state index in [0.717, 1.165) is 11.3 Å². The molecule has 0 amide bonds. The number of hydrogen-bond donors (Lipinski definition) is 2. The number of carbonyl (C=O) groups is 1. The first-order chi connectivity index (χ1) is 11.7. The van der Waals surface area contributed by atoms with Gasteiger partial charge in [0.25, 0.3) is 0 Å². The van der Waals surface area contributed by atoms with E-state index in [9.17, 15) is 4.79 Å². The molecule has 1 aliphatic rings. The number of rotatable bonds is 5. The smallest absolute Gasteiger partial charge is 0.315 e. The van der Waals surface area contributed by atoms with Crippen LogP contribution in [0.25, 0.3) is 0 Å². The van der Waals surface area contributed by atoms with Crippen LogP contribution >= 0.6 is 23.2 Å². The predicted octanol–water partition coefficient (Wildman–Crippen LogP) is 3.13. The van der Waals surface area contributed by atoms with E-state index in [4.69, 9.17) is 33.7 Å². The highest BCUT2D eigenvalue weighted by molar-refractivity contribution is 6.53. The molecule has 0 aliphatic heterocycles. The molecule has 3 N–H and O–H groups in total. The summed E-state index contributed by atoms with van der Waals surface area (Å²) in [7, 11) is 0. The lowest BCUT2D eigenvalue weighted by atomic mass is 10.1. The van der Waals surface area contributed by atoms with Crippen LogP contribution in [0.1, 0.15) is 24.7 Å². The molecule has 3 rings (SSSR count). The van der Waals surface area contributed by atoms with Crippen LogP contribution in [0, 0.1) is 12.3 Å². The molecular formula is C16H17Cl2N5O2. The lowest BCUT2D eigenvalue weighted by Gasteiger charge is -2.12. The number of carbonyl (C=O) groups excluding carboxylic acids is 1. The van der Waals surface area contributed by atoms with Gasteiger partial charge >= 0.3 is 5.97 Å². The van der Waals surface area contributed by atoms with Crippen molar-refractivity contribution in [2.75, 3.05) is 11.1 Å². The van der Waals surface area contributed by atoms with Gasteiger partial charge in [0.2, 0.25) is 11.9 Å². The summed E-state index contributed by atoms with van der Waals surface area (Å²) in [6.07, 6.45) is 0.349. The second-order valence-corrected chi connectivity index (χ2v) is 7.65. The van der Waals surface area contributed by atoms with Crippen molar-refractivity contribution in [3.63, 3.8) is 0 Å². The van der Waals surface area contributed by atoms with Gasteiger partial charge in [-0.15, -0.1) is 23.2 Å². The maximum absolute atomic E-state index is 12.1. The monoisotopic (exact) mass is 381 g/mol. The first-order valence-corrected chi connectivity index (χ1v) is 8.35. The van der Waals surface area contributed by atoms with Crippen molar-refractivity contribution in [2.24, 2.45) is 5.41 Å². The van der Waals surface area contributed by atoms with Gasteiger partial charge in [-0.25, -0.2) is 0 Å². The summed E-state index contributed by atoms with van der Waals surface area (Å²) >= 11 is 11.9. The number of ether oxygens (including phenoxy) is 1. The fourth-order valence-corrected chi connectivity index (χ4v) is 2.99. The first kappa shape index (κ1) is 17.7. The first-order valence-electron chi connectivity index (χ1n) is 7.59. The summed E-state index contributed by atoms with van der Waals surface area (Å²) in [6.45, 7) is 3.46. The minimum atomic E-state index is -1.08. The van der Waals surface area contributed by atoms with Crippen molar-refractivity contribution in [2.45, 2.75) is 31.2 Å². The van der Waals surface area contributed by atoms with Crippen LogP contribution in [-0.2, 0) is 16.1 Å². The Kier molecular flexibility index (Phi) is 4.47. The molecule has 2 aromatic rings. The quantitative estimate of drug-likeness (QED) is 0.605. The Bertz CT molecular complexity index is 830. The molecule has 0 radical (unpaired) electrons. The van der Waals surface area contributed by atoms with E-state index in [1.165, 1.54) is 0 Å². The van der Waals surface area contributed by atoms with Crippen LogP contribution in [0.4, 0.5) is 17.6 Å². The Morgan fingerprint density at radius 3 is 2.64 bits per heavy atom. The molecule has 1 aromatic heterocycles. The van der Waals surface area contributed by atoms with E-state index in [2.05, 4.69) is 20.3 Å². The Morgan fingerprint density at radius 1 is 1.32 bits per heavy atom. The highest BCUT2D eigenvalue weighted by atomic mass is 35.5. The lowest BCUT2D eigenvalue weighted by molar-refractivity contribution is -0.151. The molecule has 1 aromatic carbocycles. The van der Waals surface area contributed by atoms with Crippen LogP contribution in [0.3, 0.4) is 0 Å². The fourth-order valence-electron chi connectivity index (χ4n) is 2.30. The van der Waals surface area contributed by atoms with Crippen molar-refractivity contribution in [1.29, 1.82) is 0 Å². The molecule has 1 fully saturated rings. The molecule has 9 heteroatoms. The van der Waals surface area contributed by atoms with Gasteiger partial charge in [0.15, 0.2) is 12.4 Å². The molecule has 0 spiro atoms. The lowest BCUT2D eigenvalue weighted by Crippen LogP contribution is -2.21. The average Bonchev–Trinajstić information content (AvgIpc) is 3.06. The van der Waals surface area contributed by atoms with Crippen LogP contribution in [0.2, 0.25) is 0 Å². The fraction of sp³-hybridized carbons (Fsp3) is 0.375. The van der Waals surface area contributed by atoms with Crippen molar-refractivity contribution in [1.82, 2.24) is 15.0 Å². The van der Waals surface area contributed by atoms with Gasteiger partial charge in [-0.1, -0.05) is 18.2 Å². The Hall–Kier alpha value is -2.12. The third-order valence-corrected chi connectivity index (χ3v) is 5.23. The minimum absolute atomic E-state index is 0.0267. The molecule has 1 atom stereocenters. The number of esters is 1. The van der Waals surface area contributed by atoms with E-state index >= 15 is 0 Å². The standard InChI is InChI=1S/C16H17Cl2N5O2/c1-9-5-3-4-6-10(9)20-14-22-11(21-13(19)23-14)7-25-12(24)15(2)8-16(15,17)18/h3-6H,7-8H2,1-2H3,(H3,19,20,21,22,23)/t15-/m1/s1. The molecule has 7 nitrogen and oxygen atoms in total. The topological polar surface area (TPSA) is 103 Å². The highest BCUT2D eigenvalue weighted by Crippen LogP contribution is 2.64. The number of nitrogens with two attached hydrogens (primary N) is 1. The molecule has 1 aliphatic carbocycles. The summed E-state index contributed by atoms with van der Waals surface area (Å²) in [6, 6.07) is 7.67. The van der Waals surface area contributed by atoms with Crippen molar-refractivity contribution < 1.29 is 9.53 Å². The van der Waals surface area contributed by atoms with Gasteiger partial charge in [-0.05, 0) is 25.5 Å². The van der Waals surface area contributed by atoms with E-state index < -0.39 is 15.7 Å². The molecular weight excluding hydrogens is 365 g/mol. The summed E-state index contributed by atoms with van der Waals surface area (Å²) in [5.41, 5.74) is 6.68. The summed E-state index contributed by atoms with van der Waals surface area (Å²) in [5, 5.41) is 3.07. The number of anilines is 3. The Balaban J connectivity index is 1.70. The summed E-state index contributed by atoms with van der Waals surface area (Å²) < 4.78 is 4.15. The SMILES string of the molecule is Cc1ccccc1Nc1nc(N)nc(COC(=O)[C@@]2(C)CC2(Cl)Cl)n1. The van der Waals surface area contributed by atoms with Crippen LogP contribution in [0.5, 0.6) is 0 Å². The van der Waals surface area contributed by atoms with Crippen molar-refractivity contribution in [3.05, 3.63) is 35.7 Å². The number of benzene rings is 1. The van der Waals surface area contributed by atoms with Gasteiger partial charge < -0.3 is 15.8 Å². The zero-order valence-electron chi connectivity index (χ0n) is 13.7. The summed E-state index contributed by atoms with van der Waals surface area (Å²) in [4.78, 5) is 24.4. The molecule has 0 saturated heterocycles. The zero-order valence-corrected chi connectivity index (χ0v) is 15.2. The second-order valence-electron chi connectivity index (χ2n) is 6.16. The van der Waals surface area contributed by atoms with Crippen molar-refractivity contribution >= 4 is 46.8 Å². The highest BCUT2D eigenvalue weighted by Gasteiger charge is 2.69. The van der Waals surface area contributed by atoms with Gasteiger partial charge in [-0.2, -0.15) is 15.0 Å². The van der Waals surface area contributed by atoms with Crippen LogP contribution < -0.4 is 11.1 Å². The minimum Gasteiger partial charge on any atom is -0.457 e. The Morgan fingerprint density at radius 2 is 2.00 bits per heavy atom. The second kappa shape index (κ2) is 6.31. The maximum Gasteiger partial charge on any atom is 0.315 e. The van der Waals surface area contributed by atoms with Gasteiger partial charge in [0, 0.05) is 12.1 Å². The third kappa shape index (κ3) is 3.62. The van der Waals surface area contributed by atoms with E-state index in [1.54, 1.807) is 6.92 Å². The number of alkyl halides is 2. The normalized spacial score (nSPS) is 20.8. The number of para-hydroxylation sites is 1. The van der Waals surface area contributed by atoms with E-state index in [0.29, 0.717) is 6.42 Å². The van der Waals surface area contributed by atoms with Gasteiger partial charge in [0.05, 0.1) is 0 Å². The number of aryl methyl sites for hydroxylation is 1. The molecule has 132 valence electrons. The maximum atomic E-state index is 12.1. The van der Waals surface area contributed by atoms with E-state index in [1.807, 2.05) is 31.2 Å². The number of halogens is 2. The van der Waals surface area contributed by atoms with Crippen LogP contribution in [-0.4, -0.2) is 25.3 Å².